The standard InChI is InChI=1S/C22H26N4O2/c1-6-13-26(23)22(27)21-20(25-28)19(16(4)17(5)24-21)12-9-15(3)18-10-7-14(2)8-11-18/h7-12H,4,6,13,23H2,1-3,5H3/b15-9+,19-12+. The van der Waals surface area contributed by atoms with E-state index < -0.39 is 5.91 Å². The lowest BCUT2D eigenvalue weighted by molar-refractivity contribution is 0.0750. The zero-order valence-electron chi connectivity index (χ0n) is 16.8. The van der Waals surface area contributed by atoms with Crippen LogP contribution in [0.25, 0.3) is 18.2 Å². The first-order valence-corrected chi connectivity index (χ1v) is 9.15. The first-order valence-electron chi connectivity index (χ1n) is 9.15. The number of hydrogen-bond acceptors (Lipinski definition) is 5. The van der Waals surface area contributed by atoms with Gasteiger partial charge in [0.05, 0.1) is 0 Å². The highest BCUT2D eigenvalue weighted by Crippen LogP contribution is 2.16. The number of carbonyl (C=O) groups excluding carboxylic acids is 1. The van der Waals surface area contributed by atoms with Crippen LogP contribution in [0.2, 0.25) is 0 Å². The van der Waals surface area contributed by atoms with E-state index in [9.17, 15) is 9.70 Å². The Labute approximate surface area is 165 Å². The molecule has 6 heteroatoms. The molecule has 28 heavy (non-hydrogen) atoms. The number of nitroso groups, excluding NO2 is 1. The predicted molar refractivity (Wildman–Crippen MR) is 114 cm³/mol. The van der Waals surface area contributed by atoms with E-state index in [4.69, 9.17) is 5.84 Å². The maximum atomic E-state index is 12.6. The van der Waals surface area contributed by atoms with Gasteiger partial charge in [-0.1, -0.05) is 55.5 Å². The summed E-state index contributed by atoms with van der Waals surface area (Å²) >= 11 is 0. The van der Waals surface area contributed by atoms with Crippen LogP contribution < -0.4 is 16.3 Å². The van der Waals surface area contributed by atoms with Crippen molar-refractivity contribution in [3.8, 4) is 0 Å². The van der Waals surface area contributed by atoms with Gasteiger partial charge in [-0.3, -0.25) is 9.80 Å². The number of hydrogen-bond donors (Lipinski definition) is 1. The molecule has 0 aliphatic heterocycles. The Morgan fingerprint density at radius 2 is 1.93 bits per heavy atom. The molecule has 6 nitrogen and oxygen atoms in total. The molecule has 0 atom stereocenters. The minimum absolute atomic E-state index is 0.0416. The van der Waals surface area contributed by atoms with Crippen molar-refractivity contribution in [1.82, 2.24) is 9.99 Å². The molecular formula is C22H26N4O2. The Morgan fingerprint density at radius 1 is 1.29 bits per heavy atom. The predicted octanol–water partition coefficient (Wildman–Crippen LogP) is 3.12. The number of pyridine rings is 1. The molecule has 1 heterocycles. The fourth-order valence-electron chi connectivity index (χ4n) is 2.77. The Hall–Kier alpha value is -3.12. The van der Waals surface area contributed by atoms with Crippen LogP contribution >= 0.6 is 0 Å². The summed E-state index contributed by atoms with van der Waals surface area (Å²) in [4.78, 5) is 28.4. The highest BCUT2D eigenvalue weighted by Gasteiger charge is 2.20. The number of allylic oxidation sites excluding steroid dienone is 2. The minimum Gasteiger partial charge on any atom is -0.275 e. The molecular weight excluding hydrogens is 352 g/mol. The van der Waals surface area contributed by atoms with Gasteiger partial charge in [-0.05, 0) is 48.7 Å². The Balaban J connectivity index is 2.62. The number of rotatable bonds is 6. The quantitative estimate of drug-likeness (QED) is 0.362. The van der Waals surface area contributed by atoms with Gasteiger partial charge in [0.25, 0.3) is 5.91 Å². The fraction of sp³-hybridized carbons (Fsp3) is 0.273. The van der Waals surface area contributed by atoms with Gasteiger partial charge in [-0.25, -0.2) is 10.8 Å². The van der Waals surface area contributed by atoms with E-state index >= 15 is 0 Å². The van der Waals surface area contributed by atoms with E-state index in [1.165, 1.54) is 5.56 Å². The van der Waals surface area contributed by atoms with Crippen LogP contribution in [-0.4, -0.2) is 22.4 Å². The van der Waals surface area contributed by atoms with Crippen molar-refractivity contribution in [2.75, 3.05) is 6.54 Å². The smallest absolute Gasteiger partial charge is 0.275 e. The molecule has 0 unspecified atom stereocenters. The molecule has 0 saturated heterocycles. The maximum absolute atomic E-state index is 12.6. The Morgan fingerprint density at radius 3 is 2.50 bits per heavy atom. The van der Waals surface area contributed by atoms with Gasteiger partial charge >= 0.3 is 0 Å². The summed E-state index contributed by atoms with van der Waals surface area (Å²) in [5, 5.41) is 5.16. The topological polar surface area (TPSA) is 88.7 Å². The van der Waals surface area contributed by atoms with Crippen molar-refractivity contribution in [2.24, 2.45) is 11.0 Å². The van der Waals surface area contributed by atoms with Crippen molar-refractivity contribution >= 4 is 29.8 Å². The zero-order valence-corrected chi connectivity index (χ0v) is 16.8. The van der Waals surface area contributed by atoms with Crippen LogP contribution in [0.3, 0.4) is 0 Å². The van der Waals surface area contributed by atoms with Gasteiger partial charge < -0.3 is 0 Å². The van der Waals surface area contributed by atoms with Crippen molar-refractivity contribution in [3.63, 3.8) is 0 Å². The molecule has 0 aliphatic carbocycles. The SMILES string of the molecule is C=c1c(C)nc(C(=O)N(N)CCC)c(N=O)/c1=C/C=C(\C)c1ccc(C)cc1. The van der Waals surface area contributed by atoms with Crippen LogP contribution in [0.5, 0.6) is 0 Å². The number of carbonyl (C=O) groups is 1. The summed E-state index contributed by atoms with van der Waals surface area (Å²) < 4.78 is 0. The number of amides is 1. The third-order valence-corrected chi connectivity index (χ3v) is 4.55. The van der Waals surface area contributed by atoms with Gasteiger partial charge in [0.2, 0.25) is 0 Å². The first-order chi connectivity index (χ1) is 13.3. The molecule has 0 spiro atoms. The monoisotopic (exact) mass is 378 g/mol. The molecule has 0 bridgehead atoms. The number of nitrogens with two attached hydrogens (primary N) is 1. The second-order valence-electron chi connectivity index (χ2n) is 6.76. The molecule has 2 rings (SSSR count). The first kappa shape index (κ1) is 21.2. The fourth-order valence-corrected chi connectivity index (χ4v) is 2.77. The third-order valence-electron chi connectivity index (χ3n) is 4.55. The molecule has 1 aromatic heterocycles. The van der Waals surface area contributed by atoms with Crippen molar-refractivity contribution in [3.05, 3.63) is 68.2 Å². The van der Waals surface area contributed by atoms with E-state index in [1.807, 2.05) is 51.1 Å². The lowest BCUT2D eigenvalue weighted by Crippen LogP contribution is -2.40. The average Bonchev–Trinajstić information content (AvgIpc) is 2.68. The molecule has 0 aliphatic rings. The number of aryl methyl sites for hydroxylation is 2. The molecule has 2 aromatic rings. The number of aromatic nitrogens is 1. The van der Waals surface area contributed by atoms with Gasteiger partial charge in [0.15, 0.2) is 5.69 Å². The lowest BCUT2D eigenvalue weighted by Gasteiger charge is -2.16. The third kappa shape index (κ3) is 4.58. The normalized spacial score (nSPS) is 12.2. The Kier molecular flexibility index (Phi) is 6.95. The van der Waals surface area contributed by atoms with Gasteiger partial charge in [0, 0.05) is 17.5 Å². The molecule has 0 saturated carbocycles. The summed E-state index contributed by atoms with van der Waals surface area (Å²) in [7, 11) is 0. The van der Waals surface area contributed by atoms with Crippen molar-refractivity contribution in [1.29, 1.82) is 0 Å². The highest BCUT2D eigenvalue weighted by atomic mass is 16.3. The summed E-state index contributed by atoms with van der Waals surface area (Å²) in [6, 6.07) is 8.13. The molecule has 146 valence electrons. The van der Waals surface area contributed by atoms with Crippen LogP contribution in [0, 0.1) is 18.8 Å². The van der Waals surface area contributed by atoms with E-state index in [1.54, 1.807) is 13.0 Å². The number of hydrazine groups is 1. The summed E-state index contributed by atoms with van der Waals surface area (Å²) in [6.07, 6.45) is 4.32. The van der Waals surface area contributed by atoms with Crippen LogP contribution in [0.15, 0.2) is 35.5 Å². The van der Waals surface area contributed by atoms with Gasteiger partial charge in [0.1, 0.15) is 5.69 Å². The average molecular weight is 378 g/mol. The lowest BCUT2D eigenvalue weighted by atomic mass is 10.0. The number of benzene rings is 1. The second kappa shape index (κ2) is 9.19. The van der Waals surface area contributed by atoms with E-state index in [0.717, 1.165) is 16.1 Å². The minimum atomic E-state index is -0.534. The molecule has 2 N–H and O–H groups in total. The number of nitrogens with zero attached hydrogens (tertiary/aromatic N) is 3. The molecule has 1 amide bonds. The van der Waals surface area contributed by atoms with Gasteiger partial charge in [-0.2, -0.15) is 0 Å². The van der Waals surface area contributed by atoms with E-state index in [2.05, 4.69) is 16.7 Å². The molecule has 1 aromatic carbocycles. The zero-order chi connectivity index (χ0) is 20.8. The Bertz CT molecular complexity index is 1020. The summed E-state index contributed by atoms with van der Waals surface area (Å²) in [5.74, 6) is 5.26. The molecule has 0 fully saturated rings. The van der Waals surface area contributed by atoms with Crippen molar-refractivity contribution in [2.45, 2.75) is 34.1 Å². The van der Waals surface area contributed by atoms with E-state index in [0.29, 0.717) is 29.1 Å². The van der Waals surface area contributed by atoms with Crippen LogP contribution in [0.1, 0.15) is 47.6 Å². The largest absolute Gasteiger partial charge is 0.288 e. The summed E-state index contributed by atoms with van der Waals surface area (Å²) in [5.41, 5.74) is 3.70. The van der Waals surface area contributed by atoms with E-state index in [-0.39, 0.29) is 11.4 Å². The molecule has 0 radical (unpaired) electrons. The van der Waals surface area contributed by atoms with Gasteiger partial charge in [-0.15, -0.1) is 4.91 Å². The summed E-state index contributed by atoms with van der Waals surface area (Å²) in [6.45, 7) is 12.0. The second-order valence-corrected chi connectivity index (χ2v) is 6.76. The van der Waals surface area contributed by atoms with Crippen LogP contribution in [0.4, 0.5) is 5.69 Å². The van der Waals surface area contributed by atoms with Crippen molar-refractivity contribution < 1.29 is 4.79 Å². The van der Waals surface area contributed by atoms with Crippen LogP contribution in [-0.2, 0) is 0 Å². The highest BCUT2D eigenvalue weighted by molar-refractivity contribution is 5.97. The maximum Gasteiger partial charge on any atom is 0.288 e.